The second-order valence-corrected chi connectivity index (χ2v) is 13.2. The number of unbranched alkanes of at least 4 members (excludes halogenated alkanes) is 1. The molecule has 8 nitrogen and oxygen atoms in total. The Morgan fingerprint density at radius 2 is 1.38 bits per heavy atom. The lowest BCUT2D eigenvalue weighted by Gasteiger charge is -2.26. The SMILES string of the molecule is COc1cc(OCCCCC(N)=O)cc(OC)c1CN(Cc1ccc(C(C)(C)C)cc1)C(=O)OCC1c2ccccc2-c2ccccc21. The van der Waals surface area contributed by atoms with Crippen molar-refractivity contribution in [3.8, 4) is 28.4 Å². The summed E-state index contributed by atoms with van der Waals surface area (Å²) in [5, 5.41) is 0. The molecule has 4 aromatic carbocycles. The molecule has 5 rings (SSSR count). The highest BCUT2D eigenvalue weighted by molar-refractivity contribution is 5.79. The Labute approximate surface area is 283 Å². The van der Waals surface area contributed by atoms with Gasteiger partial charge in [0.2, 0.25) is 5.91 Å². The number of benzene rings is 4. The van der Waals surface area contributed by atoms with Crippen molar-refractivity contribution in [2.24, 2.45) is 5.73 Å². The van der Waals surface area contributed by atoms with Gasteiger partial charge >= 0.3 is 6.09 Å². The monoisotopic (exact) mass is 650 g/mol. The van der Waals surface area contributed by atoms with Gasteiger partial charge in [-0.05, 0) is 51.6 Å². The molecule has 0 saturated heterocycles. The second kappa shape index (κ2) is 15.3. The van der Waals surface area contributed by atoms with Crippen molar-refractivity contribution < 1.29 is 28.5 Å². The van der Waals surface area contributed by atoms with Crippen LogP contribution in [0.25, 0.3) is 11.1 Å². The zero-order chi connectivity index (χ0) is 34.3. The number of rotatable bonds is 14. The van der Waals surface area contributed by atoms with Crippen LogP contribution in [0.15, 0.2) is 84.9 Å². The number of nitrogens with two attached hydrogens (primary N) is 1. The average molecular weight is 651 g/mol. The summed E-state index contributed by atoms with van der Waals surface area (Å²) in [6, 6.07) is 28.5. The molecule has 0 bridgehead atoms. The quantitative estimate of drug-likeness (QED) is 0.139. The van der Waals surface area contributed by atoms with Gasteiger partial charge in [0.1, 0.15) is 23.9 Å². The summed E-state index contributed by atoms with van der Waals surface area (Å²) in [7, 11) is 3.16. The van der Waals surface area contributed by atoms with Crippen LogP contribution in [-0.4, -0.2) is 44.3 Å². The van der Waals surface area contributed by atoms with Gasteiger partial charge in [-0.25, -0.2) is 4.79 Å². The fraction of sp³-hybridized carbons (Fsp3) is 0.350. The highest BCUT2D eigenvalue weighted by Gasteiger charge is 2.30. The molecule has 0 atom stereocenters. The van der Waals surface area contributed by atoms with Gasteiger partial charge in [0.05, 0.1) is 32.9 Å². The van der Waals surface area contributed by atoms with E-state index in [1.807, 2.05) is 24.3 Å². The molecule has 0 heterocycles. The molecule has 0 unspecified atom stereocenters. The van der Waals surface area contributed by atoms with E-state index >= 15 is 0 Å². The van der Waals surface area contributed by atoms with Gasteiger partial charge in [-0.1, -0.05) is 93.6 Å². The molecule has 0 aromatic heterocycles. The molecule has 0 saturated carbocycles. The van der Waals surface area contributed by atoms with E-state index in [1.165, 1.54) is 16.7 Å². The number of nitrogens with zero attached hydrogens (tertiary/aromatic N) is 1. The zero-order valence-electron chi connectivity index (χ0n) is 28.6. The summed E-state index contributed by atoms with van der Waals surface area (Å²) in [6.07, 6.45) is 1.21. The maximum absolute atomic E-state index is 14.0. The standard InChI is InChI=1S/C40H46N2O6/c1-40(2,3)28-19-17-27(18-20-28)24-42(25-34-36(45-4)22-29(23-37(34)46-5)47-21-11-10-16-38(41)43)39(44)48-26-35-32-14-8-6-12-30(32)31-13-7-9-15-33(31)35/h6-9,12-15,17-20,22-23,35H,10-11,16,21,24-26H2,1-5H3,(H2,41,43). The van der Waals surface area contributed by atoms with Crippen LogP contribution in [0, 0.1) is 0 Å². The lowest BCUT2D eigenvalue weighted by molar-refractivity contribution is -0.118. The number of carbonyl (C=O) groups is 2. The Morgan fingerprint density at radius 3 is 1.92 bits per heavy atom. The van der Waals surface area contributed by atoms with Gasteiger partial charge in [0.15, 0.2) is 0 Å². The normalized spacial score (nSPS) is 12.2. The smallest absolute Gasteiger partial charge is 0.410 e. The van der Waals surface area contributed by atoms with Crippen LogP contribution in [0.2, 0.25) is 0 Å². The maximum Gasteiger partial charge on any atom is 0.410 e. The van der Waals surface area contributed by atoms with Gasteiger partial charge in [-0.3, -0.25) is 9.69 Å². The van der Waals surface area contributed by atoms with E-state index in [2.05, 4.69) is 69.3 Å². The van der Waals surface area contributed by atoms with Gasteiger partial charge in [0, 0.05) is 31.0 Å². The predicted molar refractivity (Wildman–Crippen MR) is 188 cm³/mol. The maximum atomic E-state index is 14.0. The third-order valence-electron chi connectivity index (χ3n) is 8.80. The summed E-state index contributed by atoms with van der Waals surface area (Å²) >= 11 is 0. The van der Waals surface area contributed by atoms with Gasteiger partial charge in [0.25, 0.3) is 0 Å². The summed E-state index contributed by atoms with van der Waals surface area (Å²) in [5.41, 5.74) is 12.8. The molecule has 0 radical (unpaired) electrons. The molecule has 0 fully saturated rings. The highest BCUT2D eigenvalue weighted by atomic mass is 16.6. The Balaban J connectivity index is 1.39. The third kappa shape index (κ3) is 8.11. The molecule has 2 amide bonds. The number of ether oxygens (including phenoxy) is 4. The summed E-state index contributed by atoms with van der Waals surface area (Å²) in [4.78, 5) is 26.8. The van der Waals surface area contributed by atoms with E-state index in [1.54, 1.807) is 31.3 Å². The lowest BCUT2D eigenvalue weighted by atomic mass is 9.87. The van der Waals surface area contributed by atoms with E-state index in [0.717, 1.165) is 16.7 Å². The first-order valence-electron chi connectivity index (χ1n) is 16.4. The Bertz CT molecular complexity index is 1660. The number of methoxy groups -OCH3 is 2. The second-order valence-electron chi connectivity index (χ2n) is 13.2. The van der Waals surface area contributed by atoms with E-state index in [-0.39, 0.29) is 30.4 Å². The third-order valence-corrected chi connectivity index (χ3v) is 8.80. The molecule has 2 N–H and O–H groups in total. The molecule has 8 heteroatoms. The van der Waals surface area contributed by atoms with Crippen LogP contribution < -0.4 is 19.9 Å². The topological polar surface area (TPSA) is 100 Å². The van der Waals surface area contributed by atoms with Gasteiger partial charge in [-0.15, -0.1) is 0 Å². The molecular formula is C40H46N2O6. The molecule has 1 aliphatic rings. The van der Waals surface area contributed by atoms with E-state index < -0.39 is 6.09 Å². The first-order valence-corrected chi connectivity index (χ1v) is 16.4. The highest BCUT2D eigenvalue weighted by Crippen LogP contribution is 2.44. The first kappa shape index (κ1) is 34.4. The van der Waals surface area contributed by atoms with Crippen molar-refractivity contribution in [3.63, 3.8) is 0 Å². The minimum atomic E-state index is -0.435. The number of carbonyl (C=O) groups excluding carboxylic acids is 2. The number of hydrogen-bond donors (Lipinski definition) is 1. The van der Waals surface area contributed by atoms with Crippen LogP contribution in [0.1, 0.15) is 73.8 Å². The van der Waals surface area contributed by atoms with Crippen LogP contribution >= 0.6 is 0 Å². The van der Waals surface area contributed by atoms with Crippen LogP contribution in [-0.2, 0) is 28.0 Å². The molecule has 1 aliphatic carbocycles. The number of amides is 2. The average Bonchev–Trinajstić information content (AvgIpc) is 3.40. The van der Waals surface area contributed by atoms with Gasteiger partial charge < -0.3 is 24.7 Å². The molecule has 4 aromatic rings. The molecular weight excluding hydrogens is 604 g/mol. The number of hydrogen-bond acceptors (Lipinski definition) is 6. The van der Waals surface area contributed by atoms with E-state index in [0.29, 0.717) is 55.2 Å². The minimum Gasteiger partial charge on any atom is -0.496 e. The van der Waals surface area contributed by atoms with E-state index in [9.17, 15) is 9.59 Å². The van der Waals surface area contributed by atoms with Crippen molar-refractivity contribution >= 4 is 12.0 Å². The van der Waals surface area contributed by atoms with Crippen molar-refractivity contribution in [1.82, 2.24) is 4.90 Å². The van der Waals surface area contributed by atoms with Crippen LogP contribution in [0.3, 0.4) is 0 Å². The van der Waals surface area contributed by atoms with Crippen molar-refractivity contribution in [1.29, 1.82) is 0 Å². The van der Waals surface area contributed by atoms with Crippen LogP contribution in [0.4, 0.5) is 4.79 Å². The number of primary amides is 1. The lowest BCUT2D eigenvalue weighted by Crippen LogP contribution is -2.32. The molecule has 0 aliphatic heterocycles. The Hall–Kier alpha value is -4.98. The molecule has 252 valence electrons. The van der Waals surface area contributed by atoms with Crippen molar-refractivity contribution in [2.75, 3.05) is 27.4 Å². The largest absolute Gasteiger partial charge is 0.496 e. The Kier molecular flexibility index (Phi) is 10.9. The summed E-state index contributed by atoms with van der Waals surface area (Å²) < 4.78 is 23.7. The number of fused-ring (bicyclic) bond motifs is 3. The fourth-order valence-corrected chi connectivity index (χ4v) is 6.18. The molecule has 48 heavy (non-hydrogen) atoms. The minimum absolute atomic E-state index is 0.0113. The Morgan fingerprint density at radius 1 is 0.792 bits per heavy atom. The van der Waals surface area contributed by atoms with Gasteiger partial charge in [-0.2, -0.15) is 0 Å². The predicted octanol–water partition coefficient (Wildman–Crippen LogP) is 7.99. The molecule has 0 spiro atoms. The zero-order valence-corrected chi connectivity index (χ0v) is 28.6. The van der Waals surface area contributed by atoms with Crippen molar-refractivity contribution in [2.45, 2.75) is 64.5 Å². The van der Waals surface area contributed by atoms with Crippen molar-refractivity contribution in [3.05, 3.63) is 113 Å². The summed E-state index contributed by atoms with van der Waals surface area (Å²) in [5.74, 6) is 1.24. The fourth-order valence-electron chi connectivity index (χ4n) is 6.18. The first-order chi connectivity index (χ1) is 23.1. The van der Waals surface area contributed by atoms with Crippen LogP contribution in [0.5, 0.6) is 17.2 Å². The summed E-state index contributed by atoms with van der Waals surface area (Å²) in [6.45, 7) is 7.67. The van der Waals surface area contributed by atoms with E-state index in [4.69, 9.17) is 24.7 Å².